The summed E-state index contributed by atoms with van der Waals surface area (Å²) in [4.78, 5) is 10.7. The lowest BCUT2D eigenvalue weighted by atomic mass is 10.1. The van der Waals surface area contributed by atoms with Gasteiger partial charge in [0, 0.05) is 7.11 Å². The van der Waals surface area contributed by atoms with Crippen molar-refractivity contribution in [3.05, 3.63) is 0 Å². The molecule has 0 amide bonds. The van der Waals surface area contributed by atoms with Gasteiger partial charge in [0.2, 0.25) is 10.0 Å². The van der Waals surface area contributed by atoms with E-state index in [0.717, 1.165) is 0 Å². The first-order chi connectivity index (χ1) is 6.80. The van der Waals surface area contributed by atoms with Gasteiger partial charge in [-0.15, -0.1) is 0 Å². The van der Waals surface area contributed by atoms with E-state index in [1.165, 1.54) is 7.11 Å². The van der Waals surface area contributed by atoms with Gasteiger partial charge in [-0.3, -0.25) is 4.79 Å². The molecule has 7 heteroatoms. The number of nitrogens with one attached hydrogen (secondary N) is 1. The van der Waals surface area contributed by atoms with Gasteiger partial charge in [0.05, 0.1) is 12.4 Å². The van der Waals surface area contributed by atoms with Gasteiger partial charge in [0.15, 0.2) is 0 Å². The Morgan fingerprint density at radius 3 is 2.33 bits per heavy atom. The zero-order valence-corrected chi connectivity index (χ0v) is 9.87. The first kappa shape index (κ1) is 14.3. The number of carbonyl (C=O) groups is 1. The molecule has 0 rings (SSSR count). The van der Waals surface area contributed by atoms with Gasteiger partial charge in [-0.25, -0.2) is 13.1 Å². The third-order valence-corrected chi connectivity index (χ3v) is 3.11. The Labute approximate surface area is 89.7 Å². The minimum atomic E-state index is -3.59. The summed E-state index contributed by atoms with van der Waals surface area (Å²) >= 11 is 0. The van der Waals surface area contributed by atoms with Crippen molar-refractivity contribution in [3.8, 4) is 0 Å². The summed E-state index contributed by atoms with van der Waals surface area (Å²) in [5.74, 6) is -1.72. The summed E-state index contributed by atoms with van der Waals surface area (Å²) in [7, 11) is -2.21. The lowest BCUT2D eigenvalue weighted by Crippen LogP contribution is -2.45. The highest BCUT2D eigenvalue weighted by Crippen LogP contribution is 2.03. The number of aliphatic carboxylic acids is 1. The number of hydrogen-bond acceptors (Lipinski definition) is 4. The summed E-state index contributed by atoms with van der Waals surface area (Å²) in [6.45, 7) is 3.31. The van der Waals surface area contributed by atoms with Crippen molar-refractivity contribution in [2.75, 3.05) is 19.5 Å². The van der Waals surface area contributed by atoms with Crippen molar-refractivity contribution in [2.24, 2.45) is 5.92 Å². The lowest BCUT2D eigenvalue weighted by molar-refractivity contribution is -0.140. The summed E-state index contributed by atoms with van der Waals surface area (Å²) in [5.41, 5.74) is 0. The minimum Gasteiger partial charge on any atom is -0.480 e. The SMILES string of the molecule is COCCS(=O)(=O)N[C@H](C(=O)O)C(C)C. The Kier molecular flexibility index (Phi) is 5.77. The van der Waals surface area contributed by atoms with Crippen LogP contribution in [0.2, 0.25) is 0 Å². The number of carboxylic acid groups (broad SMARTS) is 1. The molecule has 0 aromatic heterocycles. The van der Waals surface area contributed by atoms with E-state index in [0.29, 0.717) is 0 Å². The molecule has 0 radical (unpaired) electrons. The quantitative estimate of drug-likeness (QED) is 0.634. The monoisotopic (exact) mass is 239 g/mol. The first-order valence-electron chi connectivity index (χ1n) is 4.52. The Hall–Kier alpha value is -0.660. The number of ether oxygens (including phenoxy) is 1. The maximum atomic E-state index is 11.4. The average molecular weight is 239 g/mol. The molecule has 6 nitrogen and oxygen atoms in total. The molecule has 0 unspecified atom stereocenters. The number of carboxylic acids is 1. The molecule has 0 fully saturated rings. The van der Waals surface area contributed by atoms with Crippen LogP contribution in [0.4, 0.5) is 0 Å². The van der Waals surface area contributed by atoms with E-state index < -0.39 is 22.0 Å². The molecule has 15 heavy (non-hydrogen) atoms. The molecule has 0 saturated carbocycles. The minimum absolute atomic E-state index is 0.0414. The number of rotatable bonds is 7. The van der Waals surface area contributed by atoms with Crippen molar-refractivity contribution in [3.63, 3.8) is 0 Å². The maximum absolute atomic E-state index is 11.4. The number of methoxy groups -OCH3 is 1. The number of sulfonamides is 1. The molecule has 0 aromatic rings. The van der Waals surface area contributed by atoms with Crippen LogP contribution in [0.15, 0.2) is 0 Å². The maximum Gasteiger partial charge on any atom is 0.321 e. The van der Waals surface area contributed by atoms with E-state index in [1.54, 1.807) is 13.8 Å². The van der Waals surface area contributed by atoms with Crippen molar-refractivity contribution < 1.29 is 23.1 Å². The van der Waals surface area contributed by atoms with Gasteiger partial charge >= 0.3 is 5.97 Å². The van der Waals surface area contributed by atoms with Gasteiger partial charge in [-0.1, -0.05) is 13.8 Å². The highest BCUT2D eigenvalue weighted by Gasteiger charge is 2.26. The van der Waals surface area contributed by atoms with Gasteiger partial charge in [0.25, 0.3) is 0 Å². The second-order valence-corrected chi connectivity index (χ2v) is 5.36. The zero-order chi connectivity index (χ0) is 12.1. The van der Waals surface area contributed by atoms with Crippen molar-refractivity contribution in [1.82, 2.24) is 4.72 Å². The van der Waals surface area contributed by atoms with E-state index in [2.05, 4.69) is 9.46 Å². The average Bonchev–Trinajstić information content (AvgIpc) is 2.10. The summed E-state index contributed by atoms with van der Waals surface area (Å²) in [6.07, 6.45) is 0. The van der Waals surface area contributed by atoms with E-state index in [9.17, 15) is 13.2 Å². The summed E-state index contributed by atoms with van der Waals surface area (Å²) in [5, 5.41) is 8.77. The molecule has 1 atom stereocenters. The largest absolute Gasteiger partial charge is 0.480 e. The van der Waals surface area contributed by atoms with Gasteiger partial charge in [-0.05, 0) is 5.92 Å². The molecule has 0 aliphatic carbocycles. The Morgan fingerprint density at radius 2 is 2.00 bits per heavy atom. The standard InChI is InChI=1S/C8H17NO5S/c1-6(2)7(8(10)11)9-15(12,13)5-4-14-3/h6-7,9H,4-5H2,1-3H3,(H,10,11)/t7-/m0/s1. The van der Waals surface area contributed by atoms with Crippen molar-refractivity contribution in [1.29, 1.82) is 0 Å². The van der Waals surface area contributed by atoms with Gasteiger partial charge in [0.1, 0.15) is 6.04 Å². The second-order valence-electron chi connectivity index (χ2n) is 3.49. The smallest absolute Gasteiger partial charge is 0.321 e. The first-order valence-corrected chi connectivity index (χ1v) is 6.17. The zero-order valence-electron chi connectivity index (χ0n) is 9.06. The van der Waals surface area contributed by atoms with Crippen LogP contribution in [0.5, 0.6) is 0 Å². The molecule has 0 heterocycles. The fourth-order valence-electron chi connectivity index (χ4n) is 0.917. The van der Waals surface area contributed by atoms with Crippen LogP contribution in [0.25, 0.3) is 0 Å². The van der Waals surface area contributed by atoms with Crippen LogP contribution in [0.1, 0.15) is 13.8 Å². The molecule has 90 valence electrons. The lowest BCUT2D eigenvalue weighted by Gasteiger charge is -2.17. The van der Waals surface area contributed by atoms with E-state index >= 15 is 0 Å². The van der Waals surface area contributed by atoms with E-state index in [1.807, 2.05) is 0 Å². The molecule has 0 aromatic carbocycles. The van der Waals surface area contributed by atoms with E-state index in [-0.39, 0.29) is 18.3 Å². The van der Waals surface area contributed by atoms with Crippen LogP contribution < -0.4 is 4.72 Å². The van der Waals surface area contributed by atoms with Crippen LogP contribution in [0, 0.1) is 5.92 Å². The van der Waals surface area contributed by atoms with Crippen molar-refractivity contribution in [2.45, 2.75) is 19.9 Å². The van der Waals surface area contributed by atoms with Gasteiger partial charge < -0.3 is 9.84 Å². The van der Waals surface area contributed by atoms with Gasteiger partial charge in [-0.2, -0.15) is 0 Å². The van der Waals surface area contributed by atoms with Crippen LogP contribution >= 0.6 is 0 Å². The van der Waals surface area contributed by atoms with E-state index in [4.69, 9.17) is 5.11 Å². The molecule has 0 aliphatic heterocycles. The Balaban J connectivity index is 4.46. The fraction of sp³-hybridized carbons (Fsp3) is 0.875. The normalized spacial score (nSPS) is 14.1. The van der Waals surface area contributed by atoms with Crippen LogP contribution in [-0.4, -0.2) is 45.0 Å². The molecule has 2 N–H and O–H groups in total. The predicted molar refractivity (Wildman–Crippen MR) is 55.1 cm³/mol. The topological polar surface area (TPSA) is 92.7 Å². The van der Waals surface area contributed by atoms with Crippen molar-refractivity contribution >= 4 is 16.0 Å². The van der Waals surface area contributed by atoms with Crippen LogP contribution in [0.3, 0.4) is 0 Å². The third-order valence-electron chi connectivity index (χ3n) is 1.80. The molecule has 0 bridgehead atoms. The third kappa shape index (κ3) is 5.71. The molecular weight excluding hydrogens is 222 g/mol. The fourth-order valence-corrected chi connectivity index (χ4v) is 2.18. The molecule has 0 saturated heterocycles. The van der Waals surface area contributed by atoms with Crippen LogP contribution in [-0.2, 0) is 19.6 Å². The Morgan fingerprint density at radius 1 is 1.47 bits per heavy atom. The highest BCUT2D eigenvalue weighted by atomic mass is 32.2. The molecule has 0 spiro atoms. The molecular formula is C8H17NO5S. The molecule has 0 aliphatic rings. The predicted octanol–water partition coefficient (Wildman–Crippen LogP) is -0.339. The highest BCUT2D eigenvalue weighted by molar-refractivity contribution is 7.89. The Bertz CT molecular complexity index is 298. The summed E-state index contributed by atoms with van der Waals surface area (Å²) < 4.78 is 29.4. The second kappa shape index (κ2) is 6.04. The number of hydrogen-bond donors (Lipinski definition) is 2. The summed E-state index contributed by atoms with van der Waals surface area (Å²) in [6, 6.07) is -1.09.